The zero-order valence-electron chi connectivity index (χ0n) is 12.1. The summed E-state index contributed by atoms with van der Waals surface area (Å²) < 4.78 is 13.2. The average molecular weight is 267 g/mol. The van der Waals surface area contributed by atoms with Crippen LogP contribution in [0.15, 0.2) is 12.3 Å². The van der Waals surface area contributed by atoms with Crippen molar-refractivity contribution in [3.63, 3.8) is 0 Å². The fraction of sp³-hybridized carbons (Fsp3) is 0.786. The zero-order chi connectivity index (χ0) is 13.7. The third-order valence-electron chi connectivity index (χ3n) is 3.67. The SMILES string of the molecule is CCOC[C@@H](C)NC[C@@H]1CCO[C@H]1c1ccnn1C. The van der Waals surface area contributed by atoms with Gasteiger partial charge in [0, 0.05) is 45.0 Å². The zero-order valence-corrected chi connectivity index (χ0v) is 12.1. The van der Waals surface area contributed by atoms with Gasteiger partial charge in [-0.2, -0.15) is 5.10 Å². The van der Waals surface area contributed by atoms with Gasteiger partial charge >= 0.3 is 0 Å². The van der Waals surface area contributed by atoms with Gasteiger partial charge in [0.15, 0.2) is 0 Å². The topological polar surface area (TPSA) is 48.3 Å². The van der Waals surface area contributed by atoms with Crippen LogP contribution in [0.25, 0.3) is 0 Å². The maximum atomic E-state index is 5.87. The lowest BCUT2D eigenvalue weighted by molar-refractivity contribution is 0.0804. The second-order valence-electron chi connectivity index (χ2n) is 5.19. The molecule has 3 atom stereocenters. The molecule has 1 N–H and O–H groups in total. The highest BCUT2D eigenvalue weighted by atomic mass is 16.5. The fourth-order valence-electron chi connectivity index (χ4n) is 2.54. The lowest BCUT2D eigenvalue weighted by Crippen LogP contribution is -2.35. The number of hydrogen-bond acceptors (Lipinski definition) is 4. The second kappa shape index (κ2) is 7.03. The smallest absolute Gasteiger partial charge is 0.103 e. The molecule has 2 heterocycles. The molecule has 1 saturated heterocycles. The molecular formula is C14H25N3O2. The van der Waals surface area contributed by atoms with E-state index in [4.69, 9.17) is 9.47 Å². The number of rotatable bonds is 7. The number of aryl methyl sites for hydroxylation is 1. The molecule has 1 aromatic heterocycles. The molecule has 1 aliphatic heterocycles. The third kappa shape index (κ3) is 3.78. The van der Waals surface area contributed by atoms with Crippen LogP contribution in [0.1, 0.15) is 32.1 Å². The molecule has 1 aromatic rings. The Morgan fingerprint density at radius 3 is 3.16 bits per heavy atom. The van der Waals surface area contributed by atoms with E-state index in [0.29, 0.717) is 12.0 Å². The summed E-state index contributed by atoms with van der Waals surface area (Å²) in [6.45, 7) is 7.52. The van der Waals surface area contributed by atoms with Crippen LogP contribution in [-0.2, 0) is 16.5 Å². The largest absolute Gasteiger partial charge is 0.380 e. The highest BCUT2D eigenvalue weighted by molar-refractivity contribution is 5.07. The number of hydrogen-bond donors (Lipinski definition) is 1. The highest BCUT2D eigenvalue weighted by Gasteiger charge is 2.31. The van der Waals surface area contributed by atoms with Crippen molar-refractivity contribution in [3.05, 3.63) is 18.0 Å². The molecule has 0 aliphatic carbocycles. The van der Waals surface area contributed by atoms with Crippen molar-refractivity contribution in [2.45, 2.75) is 32.4 Å². The molecular weight excluding hydrogens is 242 g/mol. The van der Waals surface area contributed by atoms with Crippen LogP contribution in [-0.4, -0.2) is 42.2 Å². The Kier molecular flexibility index (Phi) is 5.36. The average Bonchev–Trinajstić information content (AvgIpc) is 3.01. The molecule has 1 aliphatic rings. The molecule has 1 fully saturated rings. The van der Waals surface area contributed by atoms with Crippen LogP contribution >= 0.6 is 0 Å². The van der Waals surface area contributed by atoms with Gasteiger partial charge in [-0.15, -0.1) is 0 Å². The summed E-state index contributed by atoms with van der Waals surface area (Å²) in [5.41, 5.74) is 1.17. The summed E-state index contributed by atoms with van der Waals surface area (Å²) >= 11 is 0. The normalized spacial score (nSPS) is 24.8. The van der Waals surface area contributed by atoms with Crippen molar-refractivity contribution in [3.8, 4) is 0 Å². The van der Waals surface area contributed by atoms with Crippen molar-refractivity contribution < 1.29 is 9.47 Å². The van der Waals surface area contributed by atoms with Crippen LogP contribution in [0.2, 0.25) is 0 Å². The molecule has 0 radical (unpaired) electrons. The molecule has 2 rings (SSSR count). The molecule has 5 nitrogen and oxygen atoms in total. The molecule has 0 aromatic carbocycles. The van der Waals surface area contributed by atoms with Crippen molar-refractivity contribution in [1.29, 1.82) is 0 Å². The Hall–Kier alpha value is -0.910. The summed E-state index contributed by atoms with van der Waals surface area (Å²) in [6, 6.07) is 2.43. The molecule has 0 unspecified atom stereocenters. The Bertz CT molecular complexity index is 381. The first-order valence-corrected chi connectivity index (χ1v) is 7.13. The predicted molar refractivity (Wildman–Crippen MR) is 74.0 cm³/mol. The van der Waals surface area contributed by atoms with Crippen LogP contribution in [0.4, 0.5) is 0 Å². The highest BCUT2D eigenvalue weighted by Crippen LogP contribution is 2.33. The van der Waals surface area contributed by atoms with Gasteiger partial charge in [0.1, 0.15) is 6.10 Å². The minimum Gasteiger partial charge on any atom is -0.380 e. The van der Waals surface area contributed by atoms with E-state index in [1.165, 1.54) is 5.69 Å². The van der Waals surface area contributed by atoms with Gasteiger partial charge < -0.3 is 14.8 Å². The van der Waals surface area contributed by atoms with E-state index >= 15 is 0 Å². The van der Waals surface area contributed by atoms with Crippen LogP contribution in [0.5, 0.6) is 0 Å². The van der Waals surface area contributed by atoms with E-state index in [1.54, 1.807) is 0 Å². The summed E-state index contributed by atoms with van der Waals surface area (Å²) in [4.78, 5) is 0. The van der Waals surface area contributed by atoms with Gasteiger partial charge in [0.2, 0.25) is 0 Å². The quantitative estimate of drug-likeness (QED) is 0.813. The first kappa shape index (κ1) is 14.5. The van der Waals surface area contributed by atoms with Gasteiger partial charge in [-0.25, -0.2) is 0 Å². The summed E-state index contributed by atoms with van der Waals surface area (Å²) in [5, 5.41) is 7.76. The monoisotopic (exact) mass is 267 g/mol. The van der Waals surface area contributed by atoms with Crippen molar-refractivity contribution in [1.82, 2.24) is 15.1 Å². The minimum absolute atomic E-state index is 0.166. The van der Waals surface area contributed by atoms with Gasteiger partial charge in [-0.3, -0.25) is 4.68 Å². The number of nitrogens with one attached hydrogen (secondary N) is 1. The standard InChI is InChI=1S/C14H25N3O2/c1-4-18-10-11(2)15-9-12-6-8-19-14(12)13-5-7-16-17(13)3/h5,7,11-12,14-15H,4,6,8-10H2,1-3H3/t11-,12+,14-/m1/s1. The van der Waals surface area contributed by atoms with Gasteiger partial charge in [-0.1, -0.05) is 0 Å². The maximum absolute atomic E-state index is 5.87. The summed E-state index contributed by atoms with van der Waals surface area (Å²) in [6.07, 6.45) is 3.10. The summed E-state index contributed by atoms with van der Waals surface area (Å²) in [5.74, 6) is 0.513. The Morgan fingerprint density at radius 1 is 1.63 bits per heavy atom. The number of nitrogens with zero attached hydrogens (tertiary/aromatic N) is 2. The first-order valence-electron chi connectivity index (χ1n) is 7.13. The maximum Gasteiger partial charge on any atom is 0.103 e. The van der Waals surface area contributed by atoms with Crippen molar-refractivity contribution in [2.24, 2.45) is 13.0 Å². The molecule has 0 amide bonds. The molecule has 0 bridgehead atoms. The van der Waals surface area contributed by atoms with Crippen LogP contribution in [0, 0.1) is 5.92 Å². The Morgan fingerprint density at radius 2 is 2.47 bits per heavy atom. The number of ether oxygens (including phenoxy) is 2. The van der Waals surface area contributed by atoms with E-state index < -0.39 is 0 Å². The molecule has 0 saturated carbocycles. The molecule has 5 heteroatoms. The van der Waals surface area contributed by atoms with E-state index in [0.717, 1.165) is 32.8 Å². The minimum atomic E-state index is 0.166. The number of aromatic nitrogens is 2. The van der Waals surface area contributed by atoms with Gasteiger partial charge in [0.05, 0.1) is 12.3 Å². The van der Waals surface area contributed by atoms with Crippen molar-refractivity contribution in [2.75, 3.05) is 26.4 Å². The molecule has 19 heavy (non-hydrogen) atoms. The molecule has 108 valence electrons. The second-order valence-corrected chi connectivity index (χ2v) is 5.19. The lowest BCUT2D eigenvalue weighted by Gasteiger charge is -2.21. The van der Waals surface area contributed by atoms with Gasteiger partial charge in [0.25, 0.3) is 0 Å². The molecule has 0 spiro atoms. The van der Waals surface area contributed by atoms with Crippen LogP contribution in [0.3, 0.4) is 0 Å². The first-order chi connectivity index (χ1) is 9.22. The predicted octanol–water partition coefficient (Wildman–Crippen LogP) is 1.51. The van der Waals surface area contributed by atoms with Crippen molar-refractivity contribution >= 4 is 0 Å². The third-order valence-corrected chi connectivity index (χ3v) is 3.67. The van der Waals surface area contributed by atoms with E-state index in [9.17, 15) is 0 Å². The van der Waals surface area contributed by atoms with Crippen LogP contribution < -0.4 is 5.32 Å². The van der Waals surface area contributed by atoms with E-state index in [2.05, 4.69) is 17.3 Å². The van der Waals surface area contributed by atoms with E-state index in [-0.39, 0.29) is 6.10 Å². The van der Waals surface area contributed by atoms with E-state index in [1.807, 2.05) is 30.9 Å². The van der Waals surface area contributed by atoms with Gasteiger partial charge in [-0.05, 0) is 26.3 Å². The fourth-order valence-corrected chi connectivity index (χ4v) is 2.54. The summed E-state index contributed by atoms with van der Waals surface area (Å²) in [7, 11) is 1.97. The Labute approximate surface area is 115 Å². The Balaban J connectivity index is 1.84. The lowest BCUT2D eigenvalue weighted by atomic mass is 9.98.